The van der Waals surface area contributed by atoms with Gasteiger partial charge in [-0.1, -0.05) is 0 Å². The highest BCUT2D eigenvalue weighted by atomic mass is 16.7. The summed E-state index contributed by atoms with van der Waals surface area (Å²) in [5.74, 6) is -0.196. The number of phenolic OH excluding ortho intramolecular Hbond substituents is 1. The van der Waals surface area contributed by atoms with E-state index in [1.807, 2.05) is 26.2 Å². The van der Waals surface area contributed by atoms with Crippen LogP contribution in [0.2, 0.25) is 0 Å². The first kappa shape index (κ1) is 26.0. The van der Waals surface area contributed by atoms with Gasteiger partial charge in [-0.3, -0.25) is 9.59 Å². The second kappa shape index (κ2) is 10.6. The Morgan fingerprint density at radius 1 is 1.03 bits per heavy atom. The summed E-state index contributed by atoms with van der Waals surface area (Å²) < 4.78 is 27.7. The molecule has 204 valence electrons. The first-order valence-corrected chi connectivity index (χ1v) is 12.8. The van der Waals surface area contributed by atoms with Gasteiger partial charge in [0.25, 0.3) is 0 Å². The number of hydrogen-bond acceptors (Lipinski definition) is 9. The Balaban J connectivity index is 1.56. The summed E-state index contributed by atoms with van der Waals surface area (Å²) in [6, 6.07) is 6.77. The lowest BCUT2D eigenvalue weighted by molar-refractivity contribution is -0.141. The highest BCUT2D eigenvalue weighted by Gasteiger charge is 2.53. The average Bonchev–Trinajstić information content (AvgIpc) is 3.52. The van der Waals surface area contributed by atoms with Crippen LogP contribution in [0.4, 0.5) is 0 Å². The second-order valence-electron chi connectivity index (χ2n) is 10.2. The lowest BCUT2D eigenvalue weighted by atomic mass is 9.65. The molecule has 0 radical (unpaired) electrons. The smallest absolute Gasteiger partial charge is 0.310 e. The zero-order valence-corrected chi connectivity index (χ0v) is 22.1. The van der Waals surface area contributed by atoms with Gasteiger partial charge in [0.15, 0.2) is 23.0 Å². The summed E-state index contributed by atoms with van der Waals surface area (Å²) in [5.41, 5.74) is 2.40. The third-order valence-corrected chi connectivity index (χ3v) is 7.62. The van der Waals surface area contributed by atoms with Gasteiger partial charge in [-0.25, -0.2) is 0 Å². The molecule has 0 spiro atoms. The van der Waals surface area contributed by atoms with Gasteiger partial charge in [-0.05, 0) is 74.4 Å². The van der Waals surface area contributed by atoms with Crippen LogP contribution in [0.15, 0.2) is 24.3 Å². The minimum Gasteiger partial charge on any atom is -0.502 e. The van der Waals surface area contributed by atoms with Gasteiger partial charge >= 0.3 is 5.97 Å². The molecule has 2 heterocycles. The quantitative estimate of drug-likeness (QED) is 0.376. The fourth-order valence-corrected chi connectivity index (χ4v) is 5.80. The van der Waals surface area contributed by atoms with Crippen molar-refractivity contribution >= 4 is 11.9 Å². The molecule has 2 N–H and O–H groups in total. The van der Waals surface area contributed by atoms with Crippen LogP contribution >= 0.6 is 0 Å². The van der Waals surface area contributed by atoms with Gasteiger partial charge < -0.3 is 39.0 Å². The Hall–Kier alpha value is -3.66. The summed E-state index contributed by atoms with van der Waals surface area (Å²) in [5, 5.41) is 13.7. The number of nitrogens with zero attached hydrogens (tertiary/aromatic N) is 1. The molecule has 1 fully saturated rings. The molecule has 10 nitrogen and oxygen atoms in total. The summed E-state index contributed by atoms with van der Waals surface area (Å²) in [7, 11) is 6.94. The van der Waals surface area contributed by atoms with Crippen molar-refractivity contribution in [1.82, 2.24) is 10.2 Å². The maximum atomic E-state index is 13.2. The molecule has 5 rings (SSSR count). The van der Waals surface area contributed by atoms with E-state index >= 15 is 0 Å². The predicted molar refractivity (Wildman–Crippen MR) is 137 cm³/mol. The van der Waals surface area contributed by atoms with Crippen molar-refractivity contribution in [3.63, 3.8) is 0 Å². The van der Waals surface area contributed by atoms with Gasteiger partial charge in [0, 0.05) is 18.3 Å². The van der Waals surface area contributed by atoms with Gasteiger partial charge in [0.2, 0.25) is 18.4 Å². The Morgan fingerprint density at radius 3 is 2.32 bits per heavy atom. The molecule has 38 heavy (non-hydrogen) atoms. The predicted octanol–water partition coefficient (Wildman–Crippen LogP) is 2.96. The number of phenols is 1. The number of benzene rings is 2. The van der Waals surface area contributed by atoms with Gasteiger partial charge in [-0.15, -0.1) is 0 Å². The first-order valence-electron chi connectivity index (χ1n) is 12.8. The molecule has 0 aromatic heterocycles. The maximum absolute atomic E-state index is 13.2. The molecule has 0 bridgehead atoms. The van der Waals surface area contributed by atoms with E-state index in [4.69, 9.17) is 23.7 Å². The molecule has 1 amide bonds. The van der Waals surface area contributed by atoms with Crippen LogP contribution in [-0.4, -0.2) is 70.1 Å². The number of aromatic hydroxyl groups is 1. The molecule has 1 aliphatic carbocycles. The topological polar surface area (TPSA) is 116 Å². The number of rotatable bonds is 9. The molecule has 10 heteroatoms. The molecule has 1 unspecified atom stereocenters. The number of fused-ring (bicyclic) bond motifs is 3. The molecule has 3 aliphatic rings. The van der Waals surface area contributed by atoms with E-state index in [0.29, 0.717) is 17.9 Å². The standard InChI is InChI=1S/C28H34N2O8/c1-30(2)8-6-5-7-23(31)29-26-17-12-20-19(37-14-38-20)11-16(17)24(25-18(26)13-36-28(25)33)15-9-21(34-3)27(32)22(10-15)35-4/h9-12,18,24-26,32H,5-8,13-14H2,1-4H3,(H,29,31)/t18-,24?,25-,26+/m0/s1. The van der Waals surface area contributed by atoms with E-state index in [1.54, 1.807) is 12.1 Å². The second-order valence-corrected chi connectivity index (χ2v) is 10.2. The van der Waals surface area contributed by atoms with E-state index in [2.05, 4.69) is 10.2 Å². The van der Waals surface area contributed by atoms with Crippen molar-refractivity contribution in [2.24, 2.45) is 11.8 Å². The Labute approximate surface area is 221 Å². The molecule has 0 saturated carbocycles. The monoisotopic (exact) mass is 526 g/mol. The van der Waals surface area contributed by atoms with Gasteiger partial charge in [-0.2, -0.15) is 0 Å². The number of esters is 1. The van der Waals surface area contributed by atoms with Crippen LogP contribution in [0.3, 0.4) is 0 Å². The molecule has 2 aromatic rings. The van der Waals surface area contributed by atoms with Gasteiger partial charge in [0.05, 0.1) is 32.8 Å². The molecular weight excluding hydrogens is 492 g/mol. The Bertz CT molecular complexity index is 1200. The maximum Gasteiger partial charge on any atom is 0.310 e. The minimum absolute atomic E-state index is 0.0677. The lowest BCUT2D eigenvalue weighted by Gasteiger charge is -2.39. The fraction of sp³-hybridized carbons (Fsp3) is 0.500. The van der Waals surface area contributed by atoms with E-state index in [0.717, 1.165) is 36.1 Å². The van der Waals surface area contributed by atoms with Crippen LogP contribution < -0.4 is 24.3 Å². The van der Waals surface area contributed by atoms with E-state index in [9.17, 15) is 14.7 Å². The third-order valence-electron chi connectivity index (χ3n) is 7.62. The number of carbonyl (C=O) groups excluding carboxylic acids is 2. The fourth-order valence-electron chi connectivity index (χ4n) is 5.80. The van der Waals surface area contributed by atoms with Crippen LogP contribution in [0.25, 0.3) is 0 Å². The van der Waals surface area contributed by atoms with Gasteiger partial charge in [0.1, 0.15) is 0 Å². The number of carbonyl (C=O) groups is 2. The van der Waals surface area contributed by atoms with Crippen molar-refractivity contribution in [2.75, 3.05) is 48.3 Å². The molecule has 2 aromatic carbocycles. The normalized spacial score (nSPS) is 23.0. The number of cyclic esters (lactones) is 1. The van der Waals surface area contributed by atoms with Crippen molar-refractivity contribution in [3.8, 4) is 28.7 Å². The van der Waals surface area contributed by atoms with E-state index in [1.165, 1.54) is 14.2 Å². The number of amides is 1. The minimum atomic E-state index is -0.569. The number of methoxy groups -OCH3 is 2. The highest BCUT2D eigenvalue weighted by Crippen LogP contribution is 2.55. The van der Waals surface area contributed by atoms with Crippen molar-refractivity contribution in [1.29, 1.82) is 0 Å². The Kier molecular flexibility index (Phi) is 7.25. The van der Waals surface area contributed by atoms with E-state index in [-0.39, 0.29) is 48.4 Å². The SMILES string of the molecule is COc1cc(C2c3cc4c(cc3[C@@H](NC(=O)CCCCN(C)C)[C@H]3COC(=O)[C@H]23)OCO4)cc(OC)c1O. The largest absolute Gasteiger partial charge is 0.502 e. The number of ether oxygens (including phenoxy) is 5. The molecular formula is C28H34N2O8. The molecule has 1 saturated heterocycles. The Morgan fingerprint density at radius 2 is 1.68 bits per heavy atom. The van der Waals surface area contributed by atoms with Crippen molar-refractivity contribution < 1.29 is 38.4 Å². The van der Waals surface area contributed by atoms with Crippen LogP contribution in [0, 0.1) is 11.8 Å². The summed E-state index contributed by atoms with van der Waals surface area (Å²) in [4.78, 5) is 28.4. The van der Waals surface area contributed by atoms with Crippen molar-refractivity contribution in [2.45, 2.75) is 31.2 Å². The van der Waals surface area contributed by atoms with E-state index < -0.39 is 17.9 Å². The molecule has 2 aliphatic heterocycles. The highest BCUT2D eigenvalue weighted by molar-refractivity contribution is 5.81. The summed E-state index contributed by atoms with van der Waals surface area (Å²) in [6.45, 7) is 1.20. The van der Waals surface area contributed by atoms with Crippen LogP contribution in [-0.2, 0) is 14.3 Å². The zero-order chi connectivity index (χ0) is 27.0. The summed E-state index contributed by atoms with van der Waals surface area (Å²) >= 11 is 0. The summed E-state index contributed by atoms with van der Waals surface area (Å²) in [6.07, 6.45) is 2.08. The zero-order valence-electron chi connectivity index (χ0n) is 22.1. The number of nitrogens with one attached hydrogen (secondary N) is 1. The van der Waals surface area contributed by atoms with Crippen molar-refractivity contribution in [3.05, 3.63) is 41.0 Å². The lowest BCUT2D eigenvalue weighted by Crippen LogP contribution is -2.42. The average molecular weight is 527 g/mol. The first-order chi connectivity index (χ1) is 18.3. The van der Waals surface area contributed by atoms with Crippen LogP contribution in [0.1, 0.15) is 47.9 Å². The third kappa shape index (κ3) is 4.69. The number of unbranched alkanes of at least 4 members (excludes halogenated alkanes) is 1. The number of hydrogen-bond donors (Lipinski definition) is 2. The van der Waals surface area contributed by atoms with Crippen LogP contribution in [0.5, 0.6) is 28.7 Å². The molecule has 4 atom stereocenters.